The predicted molar refractivity (Wildman–Crippen MR) is 71.3 cm³/mol. The molecule has 0 fully saturated rings. The molecule has 0 aromatic heterocycles. The number of rotatable bonds is 7. The zero-order valence-corrected chi connectivity index (χ0v) is 11.1. The van der Waals surface area contributed by atoms with Gasteiger partial charge in [-0.15, -0.1) is 0 Å². The molecule has 0 aliphatic rings. The van der Waals surface area contributed by atoms with Crippen molar-refractivity contribution in [3.63, 3.8) is 0 Å². The minimum absolute atomic E-state index is 0.356. The van der Waals surface area contributed by atoms with Crippen molar-refractivity contribution in [1.82, 2.24) is 0 Å². The lowest BCUT2D eigenvalue weighted by atomic mass is 10.1. The van der Waals surface area contributed by atoms with E-state index in [1.165, 1.54) is 6.42 Å². The third-order valence-corrected chi connectivity index (χ3v) is 2.85. The zero-order chi connectivity index (χ0) is 12.7. The van der Waals surface area contributed by atoms with Gasteiger partial charge in [0, 0.05) is 0 Å². The first-order chi connectivity index (χ1) is 8.13. The Balaban J connectivity index is 2.35. The lowest BCUT2D eigenvalue weighted by Gasteiger charge is -2.10. The van der Waals surface area contributed by atoms with Crippen LogP contribution in [0.4, 0.5) is 0 Å². The highest BCUT2D eigenvalue weighted by atomic mass is 16.5. The molecule has 0 saturated heterocycles. The second-order valence-corrected chi connectivity index (χ2v) is 4.88. The number of aliphatic hydroxyl groups is 1. The van der Waals surface area contributed by atoms with Gasteiger partial charge in [-0.05, 0) is 42.9 Å². The van der Waals surface area contributed by atoms with E-state index in [4.69, 9.17) is 4.74 Å². The lowest BCUT2D eigenvalue weighted by Crippen LogP contribution is -2.00. The van der Waals surface area contributed by atoms with E-state index in [9.17, 15) is 5.11 Å². The van der Waals surface area contributed by atoms with E-state index in [2.05, 4.69) is 13.8 Å². The van der Waals surface area contributed by atoms with Gasteiger partial charge < -0.3 is 9.84 Å². The molecule has 1 unspecified atom stereocenters. The van der Waals surface area contributed by atoms with Gasteiger partial charge in [0.2, 0.25) is 0 Å². The molecule has 1 N–H and O–H groups in total. The molecule has 1 atom stereocenters. The molecule has 1 rings (SSSR count). The summed E-state index contributed by atoms with van der Waals surface area (Å²) in [6.45, 7) is 7.19. The molecule has 0 saturated carbocycles. The summed E-state index contributed by atoms with van der Waals surface area (Å²) in [5.74, 6) is 1.63. The first-order valence-electron chi connectivity index (χ1n) is 6.54. The number of hydrogen-bond donors (Lipinski definition) is 1. The molecular weight excluding hydrogens is 212 g/mol. The second kappa shape index (κ2) is 7.33. The van der Waals surface area contributed by atoms with Crippen LogP contribution < -0.4 is 4.74 Å². The summed E-state index contributed by atoms with van der Waals surface area (Å²) in [6, 6.07) is 7.74. The van der Waals surface area contributed by atoms with E-state index in [1.807, 2.05) is 31.2 Å². The molecule has 0 aliphatic heterocycles. The zero-order valence-electron chi connectivity index (χ0n) is 11.1. The van der Waals surface area contributed by atoms with Gasteiger partial charge in [0.1, 0.15) is 5.75 Å². The molecule has 2 nitrogen and oxygen atoms in total. The maximum atomic E-state index is 9.65. The van der Waals surface area contributed by atoms with Crippen molar-refractivity contribution < 1.29 is 9.84 Å². The molecule has 0 bridgehead atoms. The fraction of sp³-hybridized carbons (Fsp3) is 0.600. The number of ether oxygens (including phenoxy) is 1. The minimum Gasteiger partial charge on any atom is -0.494 e. The molecule has 0 aliphatic carbocycles. The normalized spacial score (nSPS) is 12.8. The van der Waals surface area contributed by atoms with Crippen LogP contribution in [-0.4, -0.2) is 11.7 Å². The van der Waals surface area contributed by atoms with E-state index >= 15 is 0 Å². The molecule has 0 amide bonds. The van der Waals surface area contributed by atoms with Gasteiger partial charge in [0.15, 0.2) is 0 Å². The van der Waals surface area contributed by atoms with Crippen LogP contribution in [0.5, 0.6) is 5.75 Å². The van der Waals surface area contributed by atoms with Crippen molar-refractivity contribution >= 4 is 0 Å². The van der Waals surface area contributed by atoms with Gasteiger partial charge in [-0.25, -0.2) is 0 Å². The first-order valence-corrected chi connectivity index (χ1v) is 6.54. The average Bonchev–Trinajstić information content (AvgIpc) is 2.34. The Kier molecular flexibility index (Phi) is 6.06. The summed E-state index contributed by atoms with van der Waals surface area (Å²) in [5.41, 5.74) is 0.960. The van der Waals surface area contributed by atoms with Gasteiger partial charge >= 0.3 is 0 Å². The van der Waals surface area contributed by atoms with E-state index in [0.29, 0.717) is 0 Å². The highest BCUT2D eigenvalue weighted by Gasteiger charge is 2.04. The number of benzene rings is 1. The van der Waals surface area contributed by atoms with Crippen LogP contribution in [0.1, 0.15) is 51.7 Å². The van der Waals surface area contributed by atoms with Crippen LogP contribution in [0.2, 0.25) is 0 Å². The van der Waals surface area contributed by atoms with E-state index in [-0.39, 0.29) is 6.10 Å². The third kappa shape index (κ3) is 5.22. The molecule has 96 valence electrons. The molecule has 0 radical (unpaired) electrons. The van der Waals surface area contributed by atoms with Gasteiger partial charge in [-0.3, -0.25) is 0 Å². The largest absolute Gasteiger partial charge is 0.494 e. The summed E-state index contributed by atoms with van der Waals surface area (Å²) < 4.78 is 5.64. The Morgan fingerprint density at radius 1 is 1.18 bits per heavy atom. The van der Waals surface area contributed by atoms with Gasteiger partial charge in [0.25, 0.3) is 0 Å². The van der Waals surface area contributed by atoms with Crippen LogP contribution >= 0.6 is 0 Å². The Bertz CT molecular complexity index is 303. The standard InChI is InChI=1S/C15H24O2/c1-4-15(16)13-7-9-14(10-8-13)17-11-5-6-12(2)3/h7-10,12,15-16H,4-6,11H2,1-3H3. The van der Waals surface area contributed by atoms with Gasteiger partial charge in [-0.1, -0.05) is 32.9 Å². The highest BCUT2D eigenvalue weighted by molar-refractivity contribution is 5.28. The Labute approximate surface area is 105 Å². The Morgan fingerprint density at radius 3 is 2.35 bits per heavy atom. The molecule has 17 heavy (non-hydrogen) atoms. The topological polar surface area (TPSA) is 29.5 Å². The van der Waals surface area contributed by atoms with Crippen molar-refractivity contribution in [3.05, 3.63) is 29.8 Å². The van der Waals surface area contributed by atoms with Crippen LogP contribution in [0.3, 0.4) is 0 Å². The molecule has 2 heteroatoms. The maximum absolute atomic E-state index is 9.65. The summed E-state index contributed by atoms with van der Waals surface area (Å²) in [5, 5.41) is 9.65. The van der Waals surface area contributed by atoms with Gasteiger partial charge in [0.05, 0.1) is 12.7 Å². The first kappa shape index (κ1) is 14.0. The summed E-state index contributed by atoms with van der Waals surface area (Å²) in [4.78, 5) is 0. The Hall–Kier alpha value is -1.02. The van der Waals surface area contributed by atoms with Crippen LogP contribution in [0.15, 0.2) is 24.3 Å². The van der Waals surface area contributed by atoms with Crippen molar-refractivity contribution in [1.29, 1.82) is 0 Å². The molecule has 0 heterocycles. The lowest BCUT2D eigenvalue weighted by molar-refractivity contribution is 0.173. The highest BCUT2D eigenvalue weighted by Crippen LogP contribution is 2.20. The number of aliphatic hydroxyl groups excluding tert-OH is 1. The van der Waals surface area contributed by atoms with E-state index < -0.39 is 0 Å². The quantitative estimate of drug-likeness (QED) is 0.726. The molecular formula is C15H24O2. The molecule has 0 spiro atoms. The monoisotopic (exact) mass is 236 g/mol. The third-order valence-electron chi connectivity index (χ3n) is 2.85. The van der Waals surface area contributed by atoms with Crippen LogP contribution in [0, 0.1) is 5.92 Å². The van der Waals surface area contributed by atoms with Crippen LogP contribution in [-0.2, 0) is 0 Å². The summed E-state index contributed by atoms with van der Waals surface area (Å²) in [7, 11) is 0. The second-order valence-electron chi connectivity index (χ2n) is 4.88. The fourth-order valence-corrected chi connectivity index (χ4v) is 1.70. The van der Waals surface area contributed by atoms with Crippen molar-refractivity contribution in [3.8, 4) is 5.75 Å². The maximum Gasteiger partial charge on any atom is 0.119 e. The average molecular weight is 236 g/mol. The minimum atomic E-state index is -0.356. The number of hydrogen-bond acceptors (Lipinski definition) is 2. The fourth-order valence-electron chi connectivity index (χ4n) is 1.70. The Morgan fingerprint density at radius 2 is 1.82 bits per heavy atom. The SMILES string of the molecule is CCC(O)c1ccc(OCCCC(C)C)cc1. The van der Waals surface area contributed by atoms with Crippen molar-refractivity contribution in [2.45, 2.75) is 46.1 Å². The molecule has 1 aromatic rings. The molecule has 1 aromatic carbocycles. The smallest absolute Gasteiger partial charge is 0.119 e. The summed E-state index contributed by atoms with van der Waals surface area (Å²) >= 11 is 0. The van der Waals surface area contributed by atoms with Crippen molar-refractivity contribution in [2.75, 3.05) is 6.61 Å². The van der Waals surface area contributed by atoms with Crippen molar-refractivity contribution in [2.24, 2.45) is 5.92 Å². The van der Waals surface area contributed by atoms with Gasteiger partial charge in [-0.2, -0.15) is 0 Å². The van der Waals surface area contributed by atoms with E-state index in [1.54, 1.807) is 0 Å². The predicted octanol–water partition coefficient (Wildman–Crippen LogP) is 3.95. The van der Waals surface area contributed by atoms with E-state index in [0.717, 1.165) is 36.7 Å². The summed E-state index contributed by atoms with van der Waals surface area (Å²) in [6.07, 6.45) is 2.68. The van der Waals surface area contributed by atoms with Crippen LogP contribution in [0.25, 0.3) is 0 Å².